The Balaban J connectivity index is 1.86. The Bertz CT molecular complexity index is 1250. The van der Waals surface area contributed by atoms with Crippen LogP contribution < -0.4 is 0 Å². The van der Waals surface area contributed by atoms with Gasteiger partial charge in [-0.15, -0.1) is 0 Å². The van der Waals surface area contributed by atoms with Crippen molar-refractivity contribution in [2.45, 2.75) is 13.0 Å². The number of carbonyl (C=O) groups excluding carboxylic acids is 1. The summed E-state index contributed by atoms with van der Waals surface area (Å²) < 4.78 is 2.36. The fraction of sp³-hybridized carbons (Fsp3) is 0.0909. The van der Waals surface area contributed by atoms with Crippen molar-refractivity contribution in [3.63, 3.8) is 0 Å². The Labute approximate surface area is 167 Å². The Morgan fingerprint density at radius 2 is 1.79 bits per heavy atom. The van der Waals surface area contributed by atoms with Gasteiger partial charge in [0.1, 0.15) is 0 Å². The lowest BCUT2D eigenvalue weighted by molar-refractivity contribution is 0.0977. The van der Waals surface area contributed by atoms with Gasteiger partial charge in [0.15, 0.2) is 10.4 Å². The van der Waals surface area contributed by atoms with Crippen LogP contribution in [0.25, 0.3) is 27.1 Å². The van der Waals surface area contributed by atoms with E-state index in [0.29, 0.717) is 39.9 Å². The number of aromatic amines is 1. The van der Waals surface area contributed by atoms with Gasteiger partial charge < -0.3 is 9.55 Å². The van der Waals surface area contributed by atoms with Crippen molar-refractivity contribution in [3.8, 4) is 11.3 Å². The summed E-state index contributed by atoms with van der Waals surface area (Å²) in [5, 5.41) is 0. The highest BCUT2D eigenvalue weighted by Crippen LogP contribution is 2.39. The van der Waals surface area contributed by atoms with Crippen molar-refractivity contribution < 1.29 is 4.79 Å². The number of fused-ring (bicyclic) bond motifs is 1. The van der Waals surface area contributed by atoms with E-state index in [1.54, 1.807) is 0 Å². The summed E-state index contributed by atoms with van der Waals surface area (Å²) in [6, 6.07) is 18.9. The van der Waals surface area contributed by atoms with Crippen molar-refractivity contribution >= 4 is 34.7 Å². The standard InChI is InChI=1S/C22H16N4OS/c1-23-18-19-21(22(28)25-14-24-19)26(20(18)16-10-6-3-7-11-16)13-12-17(27)15-8-4-2-5-9-15/h2-11,14H,12-13H2,(H,24,25,28). The third-order valence-corrected chi connectivity index (χ3v) is 4.95. The number of nitrogens with zero attached hydrogens (tertiary/aromatic N) is 3. The van der Waals surface area contributed by atoms with Crippen molar-refractivity contribution in [1.29, 1.82) is 0 Å². The quantitative estimate of drug-likeness (QED) is 0.277. The summed E-state index contributed by atoms with van der Waals surface area (Å²) in [6.45, 7) is 8.13. The molecule has 0 unspecified atom stereocenters. The van der Waals surface area contributed by atoms with Gasteiger partial charge >= 0.3 is 0 Å². The molecule has 4 rings (SSSR count). The van der Waals surface area contributed by atoms with E-state index in [4.69, 9.17) is 18.8 Å². The first-order valence-corrected chi connectivity index (χ1v) is 9.22. The number of hydrogen-bond donors (Lipinski definition) is 1. The third kappa shape index (κ3) is 3.13. The lowest BCUT2D eigenvalue weighted by Crippen LogP contribution is -2.07. The van der Waals surface area contributed by atoms with E-state index in [1.807, 2.05) is 65.2 Å². The SMILES string of the molecule is [C-]#[N+]c1c(-c2ccccc2)n(CCC(=O)c2ccccc2)c2c(=S)nc[nH]c12. The summed E-state index contributed by atoms with van der Waals surface area (Å²) in [7, 11) is 0. The normalized spacial score (nSPS) is 10.7. The number of nitrogens with one attached hydrogen (secondary N) is 1. The highest BCUT2D eigenvalue weighted by Gasteiger charge is 2.21. The Kier molecular flexibility index (Phi) is 4.83. The Hall–Kier alpha value is -3.56. The fourth-order valence-electron chi connectivity index (χ4n) is 3.38. The van der Waals surface area contributed by atoms with E-state index >= 15 is 0 Å². The molecule has 2 aromatic carbocycles. The summed E-state index contributed by atoms with van der Waals surface area (Å²) >= 11 is 5.45. The topological polar surface area (TPSA) is 55.0 Å². The molecule has 0 saturated carbocycles. The number of hydrogen-bond acceptors (Lipinski definition) is 3. The number of rotatable bonds is 5. The van der Waals surface area contributed by atoms with Gasteiger partial charge in [0.05, 0.1) is 29.6 Å². The molecule has 2 heterocycles. The molecule has 0 radical (unpaired) electrons. The molecule has 0 bridgehead atoms. The summed E-state index contributed by atoms with van der Waals surface area (Å²) in [5.41, 5.74) is 4.15. The first-order chi connectivity index (χ1) is 13.7. The van der Waals surface area contributed by atoms with Crippen molar-refractivity contribution in [2.24, 2.45) is 0 Å². The molecule has 5 nitrogen and oxygen atoms in total. The average molecular weight is 384 g/mol. The smallest absolute Gasteiger partial charge is 0.235 e. The van der Waals surface area contributed by atoms with Gasteiger partial charge in [0.2, 0.25) is 5.69 Å². The molecule has 1 N–H and O–H groups in total. The predicted octanol–water partition coefficient (Wildman–Crippen LogP) is 5.58. The van der Waals surface area contributed by atoms with Crippen molar-refractivity contribution in [1.82, 2.24) is 14.5 Å². The van der Waals surface area contributed by atoms with Crippen LogP contribution in [0.2, 0.25) is 0 Å². The van der Waals surface area contributed by atoms with Crippen LogP contribution in [0, 0.1) is 11.2 Å². The maximum absolute atomic E-state index is 12.6. The zero-order valence-corrected chi connectivity index (χ0v) is 15.7. The minimum Gasteiger partial charge on any atom is -0.354 e. The highest BCUT2D eigenvalue weighted by atomic mass is 32.1. The maximum atomic E-state index is 12.6. The molecule has 6 heteroatoms. The van der Waals surface area contributed by atoms with E-state index in [9.17, 15) is 4.79 Å². The zero-order chi connectivity index (χ0) is 19.5. The van der Waals surface area contributed by atoms with Gasteiger partial charge in [-0.05, 0) is 5.56 Å². The molecule has 0 aliphatic rings. The molecule has 0 atom stereocenters. The number of aromatic nitrogens is 3. The van der Waals surface area contributed by atoms with Gasteiger partial charge in [-0.25, -0.2) is 9.83 Å². The number of carbonyl (C=O) groups is 1. The number of ketones is 1. The van der Waals surface area contributed by atoms with E-state index < -0.39 is 0 Å². The lowest BCUT2D eigenvalue weighted by Gasteiger charge is -2.11. The third-order valence-electron chi connectivity index (χ3n) is 4.65. The maximum Gasteiger partial charge on any atom is 0.235 e. The molecule has 28 heavy (non-hydrogen) atoms. The van der Waals surface area contributed by atoms with Gasteiger partial charge in [-0.3, -0.25) is 4.79 Å². The van der Waals surface area contributed by atoms with E-state index in [-0.39, 0.29) is 5.78 Å². The molecule has 136 valence electrons. The lowest BCUT2D eigenvalue weighted by atomic mass is 10.1. The molecule has 0 amide bonds. The van der Waals surface area contributed by atoms with Gasteiger partial charge in [0, 0.05) is 18.5 Å². The van der Waals surface area contributed by atoms with Gasteiger partial charge in [0.25, 0.3) is 0 Å². The Morgan fingerprint density at radius 1 is 1.11 bits per heavy atom. The largest absolute Gasteiger partial charge is 0.354 e. The number of benzene rings is 2. The second-order valence-electron chi connectivity index (χ2n) is 6.30. The predicted molar refractivity (Wildman–Crippen MR) is 112 cm³/mol. The Morgan fingerprint density at radius 3 is 2.46 bits per heavy atom. The second kappa shape index (κ2) is 7.59. The highest BCUT2D eigenvalue weighted by molar-refractivity contribution is 7.71. The van der Waals surface area contributed by atoms with E-state index in [0.717, 1.165) is 11.3 Å². The number of Topliss-reactive ketones (excluding diaryl/α,β-unsaturated/α-hetero) is 1. The second-order valence-corrected chi connectivity index (χ2v) is 6.68. The van der Waals surface area contributed by atoms with Crippen LogP contribution in [-0.2, 0) is 6.54 Å². The molecule has 0 spiro atoms. The summed E-state index contributed by atoms with van der Waals surface area (Å²) in [5.74, 6) is 0.0459. The molecule has 2 aromatic heterocycles. The first kappa shape index (κ1) is 17.8. The number of H-pyrrole nitrogens is 1. The molecule has 0 fully saturated rings. The zero-order valence-electron chi connectivity index (χ0n) is 14.9. The monoisotopic (exact) mass is 384 g/mol. The van der Waals surface area contributed by atoms with Gasteiger partial charge in [-0.2, -0.15) is 0 Å². The number of aryl methyl sites for hydroxylation is 1. The van der Waals surface area contributed by atoms with E-state index in [2.05, 4.69) is 14.8 Å². The molecule has 0 aliphatic heterocycles. The van der Waals surface area contributed by atoms with Crippen LogP contribution in [-0.4, -0.2) is 20.3 Å². The minimum atomic E-state index is 0.0459. The summed E-state index contributed by atoms with van der Waals surface area (Å²) in [4.78, 5) is 23.7. The first-order valence-electron chi connectivity index (χ1n) is 8.81. The molecular weight excluding hydrogens is 368 g/mol. The molecule has 0 saturated heterocycles. The minimum absolute atomic E-state index is 0.0459. The van der Waals surface area contributed by atoms with Crippen LogP contribution in [0.3, 0.4) is 0 Å². The summed E-state index contributed by atoms with van der Waals surface area (Å²) in [6.07, 6.45) is 1.81. The van der Waals surface area contributed by atoms with Crippen molar-refractivity contribution in [2.75, 3.05) is 0 Å². The fourth-order valence-corrected chi connectivity index (χ4v) is 3.65. The van der Waals surface area contributed by atoms with Crippen LogP contribution >= 0.6 is 12.2 Å². The van der Waals surface area contributed by atoms with Gasteiger partial charge in [-0.1, -0.05) is 72.9 Å². The van der Waals surface area contributed by atoms with Crippen molar-refractivity contribution in [3.05, 3.63) is 88.6 Å². The van der Waals surface area contributed by atoms with E-state index in [1.165, 1.54) is 6.33 Å². The molecule has 4 aromatic rings. The van der Waals surface area contributed by atoms with Crippen LogP contribution in [0.5, 0.6) is 0 Å². The van der Waals surface area contributed by atoms with Crippen LogP contribution in [0.4, 0.5) is 5.69 Å². The molecular formula is C22H16N4OS. The van der Waals surface area contributed by atoms with Crippen LogP contribution in [0.1, 0.15) is 16.8 Å². The molecule has 0 aliphatic carbocycles. The average Bonchev–Trinajstić information content (AvgIpc) is 3.08. The van der Waals surface area contributed by atoms with Crippen LogP contribution in [0.15, 0.2) is 67.0 Å².